The van der Waals surface area contributed by atoms with Gasteiger partial charge in [-0.15, -0.1) is 0 Å². The van der Waals surface area contributed by atoms with Crippen LogP contribution in [0.1, 0.15) is 43.9 Å². The highest BCUT2D eigenvalue weighted by Gasteiger charge is 2.27. The van der Waals surface area contributed by atoms with Crippen molar-refractivity contribution in [1.82, 2.24) is 4.72 Å². The molecule has 0 bridgehead atoms. The molecule has 2 rings (SSSR count). The van der Waals surface area contributed by atoms with Crippen LogP contribution in [0.5, 0.6) is 0 Å². The van der Waals surface area contributed by atoms with E-state index < -0.39 is 10.2 Å². The second-order valence-corrected chi connectivity index (χ2v) is 6.93. The highest BCUT2D eigenvalue weighted by Crippen LogP contribution is 2.30. The number of nitrogens with one attached hydrogen (secondary N) is 1. The Kier molecular flexibility index (Phi) is 4.67. The van der Waals surface area contributed by atoms with E-state index in [1.807, 2.05) is 32.0 Å². The van der Waals surface area contributed by atoms with Gasteiger partial charge >= 0.3 is 10.2 Å². The standard InChI is InChI=1S/C14H23N3O2S/c1-3-8-16-20(18,19)17-9-4-5-13-10-12(11(2)15)6-7-14(13)17/h6-7,10-11,16H,3-5,8-9,15H2,1-2H3. The zero-order chi connectivity index (χ0) is 14.8. The molecule has 1 aliphatic heterocycles. The van der Waals surface area contributed by atoms with Crippen molar-refractivity contribution in [3.05, 3.63) is 29.3 Å². The fourth-order valence-electron chi connectivity index (χ4n) is 2.42. The molecule has 0 aliphatic carbocycles. The smallest absolute Gasteiger partial charge is 0.301 e. The highest BCUT2D eigenvalue weighted by molar-refractivity contribution is 7.90. The van der Waals surface area contributed by atoms with Gasteiger partial charge in [-0.1, -0.05) is 19.1 Å². The molecular weight excluding hydrogens is 274 g/mol. The van der Waals surface area contributed by atoms with Crippen LogP contribution in [0.15, 0.2) is 18.2 Å². The molecule has 6 heteroatoms. The lowest BCUT2D eigenvalue weighted by molar-refractivity contribution is 0.571. The molecule has 1 atom stereocenters. The van der Waals surface area contributed by atoms with Crippen LogP contribution in [-0.2, 0) is 16.6 Å². The number of nitrogens with zero attached hydrogens (tertiary/aromatic N) is 1. The molecule has 1 aromatic carbocycles. The number of nitrogens with two attached hydrogens (primary N) is 1. The first-order valence-corrected chi connectivity index (χ1v) is 8.55. The average molecular weight is 297 g/mol. The summed E-state index contributed by atoms with van der Waals surface area (Å²) in [6.07, 6.45) is 2.52. The molecule has 0 aromatic heterocycles. The predicted molar refractivity (Wildman–Crippen MR) is 81.9 cm³/mol. The zero-order valence-corrected chi connectivity index (χ0v) is 12.9. The molecule has 0 saturated carbocycles. The van der Waals surface area contributed by atoms with E-state index in [-0.39, 0.29) is 6.04 Å². The van der Waals surface area contributed by atoms with Crippen molar-refractivity contribution in [2.24, 2.45) is 5.73 Å². The quantitative estimate of drug-likeness (QED) is 0.868. The fraction of sp³-hybridized carbons (Fsp3) is 0.571. The maximum atomic E-state index is 12.3. The third-order valence-electron chi connectivity index (χ3n) is 3.53. The average Bonchev–Trinajstić information content (AvgIpc) is 2.43. The second-order valence-electron chi connectivity index (χ2n) is 5.25. The number of hydrogen-bond acceptors (Lipinski definition) is 3. The van der Waals surface area contributed by atoms with Crippen LogP contribution in [0, 0.1) is 0 Å². The lowest BCUT2D eigenvalue weighted by atomic mass is 9.98. The monoisotopic (exact) mass is 297 g/mol. The molecule has 0 spiro atoms. The summed E-state index contributed by atoms with van der Waals surface area (Å²) < 4.78 is 28.7. The van der Waals surface area contributed by atoms with Gasteiger partial charge in [-0.25, -0.2) is 0 Å². The summed E-state index contributed by atoms with van der Waals surface area (Å²) in [6.45, 7) is 4.87. The summed E-state index contributed by atoms with van der Waals surface area (Å²) in [4.78, 5) is 0. The Hall–Kier alpha value is -1.11. The Morgan fingerprint density at radius 1 is 1.45 bits per heavy atom. The maximum Gasteiger partial charge on any atom is 0.301 e. The van der Waals surface area contributed by atoms with Crippen molar-refractivity contribution in [3.8, 4) is 0 Å². The van der Waals surface area contributed by atoms with Crippen LogP contribution >= 0.6 is 0 Å². The van der Waals surface area contributed by atoms with Crippen molar-refractivity contribution in [2.75, 3.05) is 17.4 Å². The van der Waals surface area contributed by atoms with Crippen molar-refractivity contribution in [2.45, 2.75) is 39.2 Å². The number of rotatable bonds is 5. The molecule has 0 amide bonds. The van der Waals surface area contributed by atoms with E-state index in [4.69, 9.17) is 5.73 Å². The van der Waals surface area contributed by atoms with Crippen LogP contribution in [0.4, 0.5) is 5.69 Å². The summed E-state index contributed by atoms with van der Waals surface area (Å²) in [6, 6.07) is 5.78. The van der Waals surface area contributed by atoms with E-state index in [0.29, 0.717) is 13.1 Å². The minimum absolute atomic E-state index is 0.0366. The van der Waals surface area contributed by atoms with Crippen LogP contribution in [-0.4, -0.2) is 21.5 Å². The second kappa shape index (κ2) is 6.11. The predicted octanol–water partition coefficient (Wildman–Crippen LogP) is 1.70. The number of aryl methyl sites for hydroxylation is 1. The van der Waals surface area contributed by atoms with E-state index in [1.165, 1.54) is 4.31 Å². The van der Waals surface area contributed by atoms with Gasteiger partial charge in [0.1, 0.15) is 0 Å². The normalized spacial score (nSPS) is 16.9. The van der Waals surface area contributed by atoms with Crippen molar-refractivity contribution in [1.29, 1.82) is 0 Å². The Morgan fingerprint density at radius 3 is 2.85 bits per heavy atom. The van der Waals surface area contributed by atoms with Gasteiger partial charge in [-0.05, 0) is 43.4 Å². The van der Waals surface area contributed by atoms with Crippen LogP contribution in [0.2, 0.25) is 0 Å². The summed E-state index contributed by atoms with van der Waals surface area (Å²) in [5.74, 6) is 0. The minimum Gasteiger partial charge on any atom is -0.324 e. The first kappa shape index (κ1) is 15.3. The maximum absolute atomic E-state index is 12.3. The van der Waals surface area contributed by atoms with E-state index in [2.05, 4.69) is 4.72 Å². The largest absolute Gasteiger partial charge is 0.324 e. The summed E-state index contributed by atoms with van der Waals surface area (Å²) >= 11 is 0. The fourth-order valence-corrected chi connectivity index (χ4v) is 3.85. The SMILES string of the molecule is CCCNS(=O)(=O)N1CCCc2cc(C(C)N)ccc21. The molecule has 0 saturated heterocycles. The van der Waals surface area contributed by atoms with E-state index in [0.717, 1.165) is 36.1 Å². The Morgan fingerprint density at radius 2 is 2.20 bits per heavy atom. The van der Waals surface area contributed by atoms with Crippen molar-refractivity contribution in [3.63, 3.8) is 0 Å². The van der Waals surface area contributed by atoms with Gasteiger partial charge in [-0.2, -0.15) is 13.1 Å². The molecule has 20 heavy (non-hydrogen) atoms. The van der Waals surface area contributed by atoms with E-state index in [9.17, 15) is 8.42 Å². The lowest BCUT2D eigenvalue weighted by Gasteiger charge is -2.31. The number of hydrogen-bond donors (Lipinski definition) is 2. The van der Waals surface area contributed by atoms with Gasteiger partial charge in [0.05, 0.1) is 5.69 Å². The molecule has 0 fully saturated rings. The Bertz CT molecular complexity index is 570. The lowest BCUT2D eigenvalue weighted by Crippen LogP contribution is -2.43. The molecule has 1 unspecified atom stereocenters. The van der Waals surface area contributed by atoms with Crippen LogP contribution < -0.4 is 14.8 Å². The molecule has 1 aliphatic rings. The molecule has 112 valence electrons. The third kappa shape index (κ3) is 3.13. The van der Waals surface area contributed by atoms with Gasteiger partial charge in [0.15, 0.2) is 0 Å². The first-order valence-electron chi connectivity index (χ1n) is 7.11. The minimum atomic E-state index is -3.44. The molecule has 3 N–H and O–H groups in total. The number of benzene rings is 1. The van der Waals surface area contributed by atoms with Gasteiger partial charge in [-0.3, -0.25) is 4.31 Å². The Balaban J connectivity index is 2.33. The van der Waals surface area contributed by atoms with Crippen LogP contribution in [0.3, 0.4) is 0 Å². The Labute approximate surface area is 121 Å². The van der Waals surface area contributed by atoms with Gasteiger partial charge < -0.3 is 5.73 Å². The van der Waals surface area contributed by atoms with Gasteiger partial charge in [0, 0.05) is 19.1 Å². The van der Waals surface area contributed by atoms with Gasteiger partial charge in [0.25, 0.3) is 0 Å². The summed E-state index contributed by atoms with van der Waals surface area (Å²) in [5.41, 5.74) is 8.78. The third-order valence-corrected chi connectivity index (χ3v) is 5.06. The first-order chi connectivity index (χ1) is 9.45. The van der Waals surface area contributed by atoms with Gasteiger partial charge in [0.2, 0.25) is 0 Å². The summed E-state index contributed by atoms with van der Waals surface area (Å²) in [5, 5.41) is 0. The topological polar surface area (TPSA) is 75.4 Å². The highest BCUT2D eigenvalue weighted by atomic mass is 32.2. The van der Waals surface area contributed by atoms with E-state index in [1.54, 1.807) is 0 Å². The van der Waals surface area contributed by atoms with Crippen molar-refractivity contribution >= 4 is 15.9 Å². The van der Waals surface area contributed by atoms with Crippen LogP contribution in [0.25, 0.3) is 0 Å². The molecular formula is C14H23N3O2S. The van der Waals surface area contributed by atoms with Crippen molar-refractivity contribution < 1.29 is 8.42 Å². The molecule has 1 heterocycles. The zero-order valence-electron chi connectivity index (χ0n) is 12.1. The number of anilines is 1. The molecule has 0 radical (unpaired) electrons. The molecule has 1 aromatic rings. The molecule has 5 nitrogen and oxygen atoms in total. The number of fused-ring (bicyclic) bond motifs is 1. The summed E-state index contributed by atoms with van der Waals surface area (Å²) in [7, 11) is -3.44. The van der Waals surface area contributed by atoms with E-state index >= 15 is 0 Å².